The first-order valence-corrected chi connectivity index (χ1v) is 8.38. The third kappa shape index (κ3) is 4.07. The Morgan fingerprint density at radius 3 is 2.67 bits per heavy atom. The van der Waals surface area contributed by atoms with E-state index in [2.05, 4.69) is 40.5 Å². The summed E-state index contributed by atoms with van der Waals surface area (Å²) in [6.07, 6.45) is 6.85. The quantitative estimate of drug-likeness (QED) is 0.902. The van der Waals surface area contributed by atoms with E-state index in [1.54, 1.807) is 0 Å². The predicted octanol–water partition coefficient (Wildman–Crippen LogP) is 2.61. The van der Waals surface area contributed by atoms with Crippen LogP contribution >= 0.6 is 0 Å². The van der Waals surface area contributed by atoms with Gasteiger partial charge >= 0.3 is 0 Å². The van der Waals surface area contributed by atoms with Gasteiger partial charge in [0.1, 0.15) is 0 Å². The molecule has 0 bridgehead atoms. The average molecular weight is 286 g/mol. The van der Waals surface area contributed by atoms with Crippen molar-refractivity contribution in [2.45, 2.75) is 44.6 Å². The smallest absolute Gasteiger partial charge is 0.223 e. The standard InChI is InChI=1S/C18H26N2O/c21-18(16-8-4-9-16)19-17-10-5-12-20(14-17)13-11-15-6-2-1-3-7-15/h1-3,6-7,16-17H,4-5,8-14H2,(H,19,21)/t17-/m0/s1. The first-order chi connectivity index (χ1) is 10.3. The fourth-order valence-corrected chi connectivity index (χ4v) is 3.30. The lowest BCUT2D eigenvalue weighted by atomic mass is 9.84. The maximum absolute atomic E-state index is 12.0. The van der Waals surface area contributed by atoms with Gasteiger partial charge in [0.05, 0.1) is 0 Å². The van der Waals surface area contributed by atoms with Crippen molar-refractivity contribution in [3.05, 3.63) is 35.9 Å². The number of benzene rings is 1. The van der Waals surface area contributed by atoms with E-state index in [4.69, 9.17) is 0 Å². The number of hydrogen-bond donors (Lipinski definition) is 1. The molecule has 3 nitrogen and oxygen atoms in total. The molecule has 1 N–H and O–H groups in total. The summed E-state index contributed by atoms with van der Waals surface area (Å²) in [4.78, 5) is 14.6. The van der Waals surface area contributed by atoms with Gasteiger partial charge in [0.15, 0.2) is 0 Å². The molecule has 21 heavy (non-hydrogen) atoms. The van der Waals surface area contributed by atoms with Gasteiger partial charge in [0, 0.05) is 25.0 Å². The van der Waals surface area contributed by atoms with Crippen molar-refractivity contribution in [3.63, 3.8) is 0 Å². The summed E-state index contributed by atoms with van der Waals surface area (Å²) in [7, 11) is 0. The van der Waals surface area contributed by atoms with Gasteiger partial charge in [-0.15, -0.1) is 0 Å². The van der Waals surface area contributed by atoms with Crippen molar-refractivity contribution < 1.29 is 4.79 Å². The maximum Gasteiger partial charge on any atom is 0.223 e. The normalized spacial score (nSPS) is 23.5. The van der Waals surface area contributed by atoms with Crippen LogP contribution in [-0.2, 0) is 11.2 Å². The van der Waals surface area contributed by atoms with Gasteiger partial charge in [-0.2, -0.15) is 0 Å². The van der Waals surface area contributed by atoms with Gasteiger partial charge in [-0.25, -0.2) is 0 Å². The zero-order valence-electron chi connectivity index (χ0n) is 12.8. The van der Waals surface area contributed by atoms with E-state index >= 15 is 0 Å². The molecule has 1 aliphatic carbocycles. The van der Waals surface area contributed by atoms with Crippen LogP contribution in [0.5, 0.6) is 0 Å². The van der Waals surface area contributed by atoms with Gasteiger partial charge in [0.2, 0.25) is 5.91 Å². The molecule has 3 rings (SSSR count). The summed E-state index contributed by atoms with van der Waals surface area (Å²) < 4.78 is 0. The minimum atomic E-state index is 0.302. The lowest BCUT2D eigenvalue weighted by molar-refractivity contribution is -0.128. The average Bonchev–Trinajstić information content (AvgIpc) is 2.45. The first kappa shape index (κ1) is 14.6. The highest BCUT2D eigenvalue weighted by atomic mass is 16.2. The van der Waals surface area contributed by atoms with Crippen LogP contribution in [0, 0.1) is 5.92 Å². The predicted molar refractivity (Wildman–Crippen MR) is 85.1 cm³/mol. The second kappa shape index (κ2) is 7.08. The molecule has 0 spiro atoms. The molecule has 1 saturated carbocycles. The Labute approximate surface area is 127 Å². The van der Waals surface area contributed by atoms with Crippen LogP contribution in [0.4, 0.5) is 0 Å². The molecule has 114 valence electrons. The summed E-state index contributed by atoms with van der Waals surface area (Å²) in [6.45, 7) is 3.29. The number of carbonyl (C=O) groups excluding carboxylic acids is 1. The van der Waals surface area contributed by atoms with Gasteiger partial charge in [0.25, 0.3) is 0 Å². The van der Waals surface area contributed by atoms with E-state index in [9.17, 15) is 4.79 Å². The summed E-state index contributed by atoms with van der Waals surface area (Å²) in [5.41, 5.74) is 1.40. The number of amides is 1. The van der Waals surface area contributed by atoms with Gasteiger partial charge in [-0.1, -0.05) is 36.8 Å². The second-order valence-electron chi connectivity index (χ2n) is 6.51. The van der Waals surface area contributed by atoms with Gasteiger partial charge in [-0.05, 0) is 44.2 Å². The van der Waals surface area contributed by atoms with E-state index in [1.165, 1.54) is 24.9 Å². The molecular weight excluding hydrogens is 260 g/mol. The summed E-state index contributed by atoms with van der Waals surface area (Å²) in [5, 5.41) is 3.27. The molecule has 1 saturated heterocycles. The zero-order chi connectivity index (χ0) is 14.5. The molecule has 0 aromatic heterocycles. The van der Waals surface area contributed by atoms with Crippen LogP contribution in [0.3, 0.4) is 0 Å². The second-order valence-corrected chi connectivity index (χ2v) is 6.51. The van der Waals surface area contributed by atoms with Crippen molar-refractivity contribution in [3.8, 4) is 0 Å². The number of piperidine rings is 1. The molecule has 2 fully saturated rings. The number of likely N-dealkylation sites (tertiary alicyclic amines) is 1. The van der Waals surface area contributed by atoms with Crippen molar-refractivity contribution in [1.29, 1.82) is 0 Å². The zero-order valence-corrected chi connectivity index (χ0v) is 12.8. The molecule has 3 heteroatoms. The van der Waals surface area contributed by atoms with E-state index < -0.39 is 0 Å². The highest BCUT2D eigenvalue weighted by molar-refractivity contribution is 5.79. The van der Waals surface area contributed by atoms with Gasteiger partial charge in [-0.3, -0.25) is 4.79 Å². The molecule has 1 aromatic rings. The topological polar surface area (TPSA) is 32.3 Å². The Hall–Kier alpha value is -1.35. The highest BCUT2D eigenvalue weighted by Gasteiger charge is 2.28. The Balaban J connectivity index is 1.43. The van der Waals surface area contributed by atoms with Crippen LogP contribution in [0.25, 0.3) is 0 Å². The molecule has 1 heterocycles. The van der Waals surface area contributed by atoms with E-state index in [0.717, 1.165) is 38.8 Å². The summed E-state index contributed by atoms with van der Waals surface area (Å²) >= 11 is 0. The molecular formula is C18H26N2O. The van der Waals surface area contributed by atoms with Crippen molar-refractivity contribution in [2.24, 2.45) is 5.92 Å². The van der Waals surface area contributed by atoms with Crippen LogP contribution < -0.4 is 5.32 Å². The Morgan fingerprint density at radius 1 is 1.14 bits per heavy atom. The third-order valence-electron chi connectivity index (χ3n) is 4.89. The van der Waals surface area contributed by atoms with E-state index in [-0.39, 0.29) is 0 Å². The van der Waals surface area contributed by atoms with Crippen LogP contribution in [0.1, 0.15) is 37.7 Å². The SMILES string of the molecule is O=C(N[C@H]1CCCN(CCc2ccccc2)C1)C1CCC1. The number of nitrogens with zero attached hydrogens (tertiary/aromatic N) is 1. The van der Waals surface area contributed by atoms with Crippen molar-refractivity contribution in [2.75, 3.05) is 19.6 Å². The van der Waals surface area contributed by atoms with E-state index in [0.29, 0.717) is 17.9 Å². The van der Waals surface area contributed by atoms with Crippen LogP contribution in [0.15, 0.2) is 30.3 Å². The number of carbonyl (C=O) groups is 1. The minimum absolute atomic E-state index is 0.302. The summed E-state index contributed by atoms with van der Waals surface area (Å²) in [6, 6.07) is 11.0. The minimum Gasteiger partial charge on any atom is -0.352 e. The van der Waals surface area contributed by atoms with E-state index in [1.807, 2.05) is 0 Å². The lowest BCUT2D eigenvalue weighted by Crippen LogP contribution is -2.50. The molecule has 1 aromatic carbocycles. The lowest BCUT2D eigenvalue weighted by Gasteiger charge is -2.35. The Bertz CT molecular complexity index is 456. The Morgan fingerprint density at radius 2 is 1.95 bits per heavy atom. The molecule has 2 aliphatic rings. The van der Waals surface area contributed by atoms with Crippen molar-refractivity contribution >= 4 is 5.91 Å². The Kier molecular flexibility index (Phi) is 4.91. The fourth-order valence-electron chi connectivity index (χ4n) is 3.30. The maximum atomic E-state index is 12.0. The highest BCUT2D eigenvalue weighted by Crippen LogP contribution is 2.26. The fraction of sp³-hybridized carbons (Fsp3) is 0.611. The number of rotatable bonds is 5. The molecule has 1 atom stereocenters. The molecule has 1 aliphatic heterocycles. The van der Waals surface area contributed by atoms with Crippen LogP contribution in [0.2, 0.25) is 0 Å². The first-order valence-electron chi connectivity index (χ1n) is 8.38. The van der Waals surface area contributed by atoms with Crippen LogP contribution in [-0.4, -0.2) is 36.5 Å². The number of hydrogen-bond acceptors (Lipinski definition) is 2. The largest absolute Gasteiger partial charge is 0.352 e. The van der Waals surface area contributed by atoms with Gasteiger partial charge < -0.3 is 10.2 Å². The summed E-state index contributed by atoms with van der Waals surface area (Å²) in [5.74, 6) is 0.612. The number of nitrogens with one attached hydrogen (secondary N) is 1. The molecule has 0 radical (unpaired) electrons. The monoisotopic (exact) mass is 286 g/mol. The third-order valence-corrected chi connectivity index (χ3v) is 4.89. The molecule has 1 amide bonds. The van der Waals surface area contributed by atoms with Crippen molar-refractivity contribution in [1.82, 2.24) is 10.2 Å². The molecule has 0 unspecified atom stereocenters.